The Kier molecular flexibility index (Phi) is 28.4. The molecule has 0 aromatic carbocycles. The second-order valence-electron chi connectivity index (χ2n) is 20.5. The second-order valence-corrected chi connectivity index (χ2v) is 23.6. The van der Waals surface area contributed by atoms with Crippen molar-refractivity contribution in [3.63, 3.8) is 0 Å². The summed E-state index contributed by atoms with van der Waals surface area (Å²) in [4.78, 5) is 184. The molecule has 12 atom stereocenters. The lowest BCUT2D eigenvalue weighted by Gasteiger charge is -2.33. The predicted octanol–water partition coefficient (Wildman–Crippen LogP) is -4.26. The molecule has 0 aromatic rings. The number of likely N-dealkylation sites (tertiary alicyclic amines) is 2. The number of rotatable bonds is 31. The normalized spacial score (nSPS) is 18.5. The molecule has 2 heterocycles. The van der Waals surface area contributed by atoms with Gasteiger partial charge in [-0.1, -0.05) is 62.4 Å². The summed E-state index contributed by atoms with van der Waals surface area (Å²) in [6.07, 6.45) is 1.03. The SMILES string of the molecule is C=C(NC(=O)CNC(=O)[C@@H]1CCCN1C(=O)[C@@H](NC(=O)[C@H](C)N)[C@H](C)SS[C@@H](C)[C@H](NC(=O)[C@H](C)N)C(=O)N1CCC[C@H]1C(=O)NCC(=O)NC(=C)C(=O)N[C@H](C(=O)N[C@@H](C)C(=O)O)C(C)C)C(=O)N[C@H](C(=O)N[C@@H](C)C(=O)O)C(C)C. The Bertz CT molecular complexity index is 2300. The van der Waals surface area contributed by atoms with Crippen molar-refractivity contribution in [2.24, 2.45) is 23.3 Å². The van der Waals surface area contributed by atoms with Crippen LogP contribution in [0, 0.1) is 11.8 Å². The third-order valence-corrected chi connectivity index (χ3v) is 16.3. The number of aliphatic carboxylic acids is 2. The number of nitrogens with one attached hydrogen (secondary N) is 10. The van der Waals surface area contributed by atoms with Gasteiger partial charge in [-0.3, -0.25) is 67.1 Å². The van der Waals surface area contributed by atoms with E-state index in [0.29, 0.717) is 12.8 Å². The van der Waals surface area contributed by atoms with Gasteiger partial charge in [0, 0.05) is 23.6 Å². The molecule has 0 aromatic heterocycles. The summed E-state index contributed by atoms with van der Waals surface area (Å²) in [5, 5.41) is 40.6. The fraction of sp³-hybridized carbons (Fsp3) is 0.640. The topological polar surface area (TPSA) is 458 Å². The number of hydrogen-bond acceptors (Lipinski definition) is 18. The van der Waals surface area contributed by atoms with E-state index in [9.17, 15) is 67.1 Å². The minimum absolute atomic E-state index is 0.0708. The molecule has 2 saturated heterocycles. The zero-order valence-electron chi connectivity index (χ0n) is 47.6. The molecule has 0 bridgehead atoms. The van der Waals surface area contributed by atoms with Crippen molar-refractivity contribution in [3.8, 4) is 0 Å². The van der Waals surface area contributed by atoms with E-state index < -0.39 is 190 Å². The summed E-state index contributed by atoms with van der Waals surface area (Å²) < 4.78 is 0. The van der Waals surface area contributed by atoms with E-state index >= 15 is 0 Å². The van der Waals surface area contributed by atoms with Gasteiger partial charge < -0.3 is 84.6 Å². The molecule has 458 valence electrons. The van der Waals surface area contributed by atoms with Crippen LogP contribution in [0.3, 0.4) is 0 Å². The maximum Gasteiger partial charge on any atom is 0.325 e. The highest BCUT2D eigenvalue weighted by Gasteiger charge is 2.43. The monoisotopic (exact) mass is 1200 g/mol. The van der Waals surface area contributed by atoms with Crippen molar-refractivity contribution in [1.82, 2.24) is 63.0 Å². The number of nitrogens with two attached hydrogens (primary N) is 2. The smallest absolute Gasteiger partial charge is 0.325 e. The van der Waals surface area contributed by atoms with Crippen LogP contribution < -0.4 is 64.6 Å². The lowest BCUT2D eigenvalue weighted by molar-refractivity contribution is -0.142. The molecule has 2 rings (SSSR count). The predicted molar refractivity (Wildman–Crippen MR) is 299 cm³/mol. The molecular formula is C50H80N14O16S2. The molecule has 0 aliphatic carbocycles. The second kappa shape index (κ2) is 33.0. The summed E-state index contributed by atoms with van der Waals surface area (Å²) in [6, 6.07) is -12.0. The molecule has 0 saturated carbocycles. The minimum atomic E-state index is -1.33. The first-order valence-corrected chi connectivity index (χ1v) is 28.6. The van der Waals surface area contributed by atoms with E-state index in [4.69, 9.17) is 21.7 Å². The highest BCUT2D eigenvalue weighted by molar-refractivity contribution is 8.77. The van der Waals surface area contributed by atoms with E-state index in [1.807, 2.05) is 0 Å². The summed E-state index contributed by atoms with van der Waals surface area (Å²) >= 11 is 0. The van der Waals surface area contributed by atoms with Gasteiger partial charge >= 0.3 is 11.9 Å². The maximum absolute atomic E-state index is 14.4. The average Bonchev–Trinajstić information content (AvgIpc) is 4.11. The Morgan fingerprint density at radius 3 is 1.09 bits per heavy atom. The van der Waals surface area contributed by atoms with Crippen LogP contribution in [0.15, 0.2) is 24.6 Å². The van der Waals surface area contributed by atoms with E-state index in [0.717, 1.165) is 21.6 Å². The van der Waals surface area contributed by atoms with Gasteiger partial charge in [0.1, 0.15) is 48.3 Å². The molecule has 30 nitrogen and oxygen atoms in total. The van der Waals surface area contributed by atoms with Crippen LogP contribution in [-0.2, 0) is 67.1 Å². The molecule has 12 amide bonds. The van der Waals surface area contributed by atoms with E-state index in [2.05, 4.69) is 66.3 Å². The summed E-state index contributed by atoms with van der Waals surface area (Å²) in [5.41, 5.74) is 10.8. The van der Waals surface area contributed by atoms with Crippen LogP contribution in [0.1, 0.15) is 94.9 Å². The van der Waals surface area contributed by atoms with Crippen LogP contribution in [0.2, 0.25) is 0 Å². The standard InChI is InChI=1S/C50H80N14O16S2/c1-21(2)35(45(73)57-27(9)49(77)78)59-41(69)25(7)55-33(65)19-53-43(71)31-15-13-17-63(31)47(75)37(61-39(67)23(5)51)29(11)81-82-30(12)38(62-40(68)24(6)52)48(76)64-18-14-16-32(64)44(72)54-20-34(66)56-26(8)42(70)60-36(22(3)4)46(74)58-28(10)50(79)80/h21-24,27-32,35-38H,7-8,13-20,51-52H2,1-6,9-12H3,(H,53,71)(H,54,72)(H,55,65)(H,56,66)(H,57,73)(H,58,74)(H,59,69)(H,60,70)(H,61,67)(H,62,68)(H,77,78)(H,79,80)/t23-,24-,27-,28-,29-,30-,31-,32-,35-,36-,37-,38-/m0/s1. The van der Waals surface area contributed by atoms with Crippen molar-refractivity contribution in [2.45, 2.75) is 166 Å². The Hall–Kier alpha value is -7.32. The van der Waals surface area contributed by atoms with E-state index in [1.165, 1.54) is 37.5 Å². The number of hydrogen-bond donors (Lipinski definition) is 14. The first kappa shape index (κ1) is 70.8. The van der Waals surface area contributed by atoms with Gasteiger partial charge in [0.15, 0.2) is 0 Å². The Morgan fingerprint density at radius 2 is 0.805 bits per heavy atom. The third-order valence-electron chi connectivity index (χ3n) is 12.8. The van der Waals surface area contributed by atoms with Crippen LogP contribution in [0.5, 0.6) is 0 Å². The zero-order chi connectivity index (χ0) is 62.6. The van der Waals surface area contributed by atoms with Crippen LogP contribution in [0.25, 0.3) is 0 Å². The van der Waals surface area contributed by atoms with E-state index in [1.54, 1.807) is 41.5 Å². The summed E-state index contributed by atoms with van der Waals surface area (Å²) in [5.74, 6) is -13.2. The molecule has 2 aliphatic rings. The molecule has 16 N–H and O–H groups in total. The molecule has 82 heavy (non-hydrogen) atoms. The Morgan fingerprint density at radius 1 is 0.488 bits per heavy atom. The summed E-state index contributed by atoms with van der Waals surface area (Å²) in [6.45, 7) is 20.7. The van der Waals surface area contributed by atoms with Crippen LogP contribution in [-0.4, -0.2) is 200 Å². The van der Waals surface area contributed by atoms with Gasteiger partial charge in [0.25, 0.3) is 11.8 Å². The first-order chi connectivity index (χ1) is 38.1. The zero-order valence-corrected chi connectivity index (χ0v) is 49.3. The molecule has 0 radical (unpaired) electrons. The number of carboxylic acids is 2. The highest BCUT2D eigenvalue weighted by atomic mass is 33.1. The molecule has 0 spiro atoms. The van der Waals surface area contributed by atoms with Gasteiger partial charge in [0.05, 0.1) is 36.6 Å². The number of carbonyl (C=O) groups is 14. The summed E-state index contributed by atoms with van der Waals surface area (Å²) in [7, 11) is 2.11. The Labute approximate surface area is 482 Å². The molecule has 2 aliphatic heterocycles. The van der Waals surface area contributed by atoms with E-state index in [-0.39, 0.29) is 25.9 Å². The number of carbonyl (C=O) groups excluding carboxylic acids is 12. The highest BCUT2D eigenvalue weighted by Crippen LogP contribution is 2.36. The van der Waals surface area contributed by atoms with Crippen molar-refractivity contribution >= 4 is 104 Å². The van der Waals surface area contributed by atoms with Gasteiger partial charge in [0.2, 0.25) is 59.1 Å². The molecular weight excluding hydrogens is 1120 g/mol. The van der Waals surface area contributed by atoms with Gasteiger partial charge in [-0.25, -0.2) is 0 Å². The van der Waals surface area contributed by atoms with Crippen molar-refractivity contribution in [2.75, 3.05) is 26.2 Å². The largest absolute Gasteiger partial charge is 0.480 e. The Balaban J connectivity index is 2.18. The molecule has 32 heteroatoms. The fourth-order valence-electron chi connectivity index (χ4n) is 7.94. The molecule has 2 fully saturated rings. The fourth-order valence-corrected chi connectivity index (χ4v) is 10.6. The van der Waals surface area contributed by atoms with Crippen LogP contribution >= 0.6 is 21.6 Å². The molecule has 0 unspecified atom stereocenters. The maximum atomic E-state index is 14.4. The lowest BCUT2D eigenvalue weighted by atomic mass is 10.0. The number of nitrogens with zero attached hydrogens (tertiary/aromatic N) is 2. The van der Waals surface area contributed by atoms with Gasteiger partial charge in [-0.05, 0) is 79.1 Å². The number of amides is 12. The number of carboxylic acid groups (broad SMARTS) is 2. The first-order valence-electron chi connectivity index (χ1n) is 26.4. The minimum Gasteiger partial charge on any atom is -0.480 e. The van der Waals surface area contributed by atoms with Crippen molar-refractivity contribution in [1.29, 1.82) is 0 Å². The van der Waals surface area contributed by atoms with Gasteiger partial charge in [-0.15, -0.1) is 0 Å². The van der Waals surface area contributed by atoms with Crippen molar-refractivity contribution in [3.05, 3.63) is 24.6 Å². The average molecular weight is 1200 g/mol. The quantitative estimate of drug-likeness (QED) is 0.0231. The van der Waals surface area contributed by atoms with Gasteiger partial charge in [-0.2, -0.15) is 0 Å². The van der Waals surface area contributed by atoms with Crippen molar-refractivity contribution < 1.29 is 77.3 Å². The van der Waals surface area contributed by atoms with Crippen LogP contribution in [0.4, 0.5) is 0 Å². The lowest BCUT2D eigenvalue weighted by Crippen LogP contribution is -2.59. The third kappa shape index (κ3) is 21.5.